The molecule has 11 heteroatoms. The highest BCUT2D eigenvalue weighted by Crippen LogP contribution is 2.12. The van der Waals surface area contributed by atoms with Crippen LogP contribution in [-0.2, 0) is 35.1 Å². The fraction of sp³-hybridized carbons (Fsp3) is 0.552. The van der Waals surface area contributed by atoms with E-state index in [1.165, 1.54) is 25.0 Å². The monoisotopic (exact) mass is 559 g/mol. The first kappa shape index (κ1) is 34.3. The van der Waals surface area contributed by atoms with Gasteiger partial charge >= 0.3 is 5.97 Å². The molecule has 0 heterocycles. The first-order valence-corrected chi connectivity index (χ1v) is 13.5. The molecule has 0 saturated heterocycles. The third-order valence-electron chi connectivity index (χ3n) is 6.54. The van der Waals surface area contributed by atoms with E-state index in [0.29, 0.717) is 6.42 Å². The van der Waals surface area contributed by atoms with Crippen LogP contribution >= 0.6 is 0 Å². The molecule has 1 aromatic carbocycles. The normalized spacial score (nSPS) is 14.6. The number of nitrogens with one attached hydrogen (secondary N) is 3. The molecule has 0 aliphatic carbocycles. The average Bonchev–Trinajstić information content (AvgIpc) is 2.92. The fourth-order valence-corrected chi connectivity index (χ4v) is 3.92. The van der Waals surface area contributed by atoms with E-state index < -0.39 is 53.8 Å². The minimum atomic E-state index is -0.978. The highest BCUT2D eigenvalue weighted by molar-refractivity contribution is 5.94. The predicted octanol–water partition coefficient (Wildman–Crippen LogP) is 0.920. The van der Waals surface area contributed by atoms with Gasteiger partial charge in [-0.3, -0.25) is 19.2 Å². The summed E-state index contributed by atoms with van der Waals surface area (Å²) in [6, 6.07) is 5.49. The van der Waals surface area contributed by atoms with Crippen LogP contribution in [0, 0.1) is 11.8 Å². The standard InChI is InChI=1S/C29H45N5O6/c1-8-15-34(28(38)22(31-26(36)20(6)30)16-21-13-11-10-12-14-21)17-23(35)32-25(19(5)9-2)27(37)33-24(18(3)4)29(39)40-7/h8,10-14,18-20,22,24-25H,1,9,15-17,30H2,2-7H3,(H,31,36)(H,32,35)(H,33,37)/t19-,20-,22-,24-,25-/m0/s1. The van der Waals surface area contributed by atoms with E-state index in [1.807, 2.05) is 37.3 Å². The lowest BCUT2D eigenvalue weighted by Crippen LogP contribution is -2.58. The smallest absolute Gasteiger partial charge is 0.328 e. The van der Waals surface area contributed by atoms with Crippen molar-refractivity contribution in [1.29, 1.82) is 0 Å². The molecule has 11 nitrogen and oxygen atoms in total. The Balaban J connectivity index is 3.14. The van der Waals surface area contributed by atoms with E-state index in [4.69, 9.17) is 10.5 Å². The topological polar surface area (TPSA) is 160 Å². The van der Waals surface area contributed by atoms with E-state index in [2.05, 4.69) is 22.5 Å². The molecule has 40 heavy (non-hydrogen) atoms. The van der Waals surface area contributed by atoms with Gasteiger partial charge in [-0.2, -0.15) is 0 Å². The highest BCUT2D eigenvalue weighted by atomic mass is 16.5. The zero-order chi connectivity index (χ0) is 30.4. The summed E-state index contributed by atoms with van der Waals surface area (Å²) in [5, 5.41) is 8.09. The number of amides is 4. The van der Waals surface area contributed by atoms with Crippen molar-refractivity contribution in [3.8, 4) is 0 Å². The molecule has 0 fully saturated rings. The van der Waals surface area contributed by atoms with Crippen LogP contribution in [-0.4, -0.2) is 78.9 Å². The van der Waals surface area contributed by atoms with E-state index in [1.54, 1.807) is 20.8 Å². The van der Waals surface area contributed by atoms with Crippen molar-refractivity contribution in [2.75, 3.05) is 20.2 Å². The Labute approximate surface area is 237 Å². The van der Waals surface area contributed by atoms with Gasteiger partial charge in [-0.25, -0.2) is 4.79 Å². The van der Waals surface area contributed by atoms with Gasteiger partial charge in [0.15, 0.2) is 0 Å². The first-order chi connectivity index (χ1) is 18.9. The van der Waals surface area contributed by atoms with E-state index in [9.17, 15) is 24.0 Å². The summed E-state index contributed by atoms with van der Waals surface area (Å²) in [5.74, 6) is -3.20. The Morgan fingerprint density at radius 2 is 1.60 bits per heavy atom. The molecular weight excluding hydrogens is 514 g/mol. The zero-order valence-corrected chi connectivity index (χ0v) is 24.4. The van der Waals surface area contributed by atoms with Gasteiger partial charge in [0, 0.05) is 13.0 Å². The van der Waals surface area contributed by atoms with Gasteiger partial charge in [0.05, 0.1) is 19.7 Å². The lowest BCUT2D eigenvalue weighted by atomic mass is 9.96. The van der Waals surface area contributed by atoms with Crippen LogP contribution in [0.2, 0.25) is 0 Å². The second-order valence-electron chi connectivity index (χ2n) is 10.2. The quantitative estimate of drug-likeness (QED) is 0.173. The Bertz CT molecular complexity index is 1010. The number of esters is 1. The molecule has 0 saturated carbocycles. The number of hydrogen-bond donors (Lipinski definition) is 4. The number of hydrogen-bond acceptors (Lipinski definition) is 7. The van der Waals surface area contributed by atoms with Gasteiger partial charge in [-0.1, -0.05) is 70.5 Å². The lowest BCUT2D eigenvalue weighted by molar-refractivity contribution is -0.147. The number of rotatable bonds is 16. The largest absolute Gasteiger partial charge is 0.467 e. The van der Waals surface area contributed by atoms with Crippen molar-refractivity contribution in [1.82, 2.24) is 20.9 Å². The van der Waals surface area contributed by atoms with Crippen molar-refractivity contribution in [3.05, 3.63) is 48.6 Å². The van der Waals surface area contributed by atoms with Gasteiger partial charge in [-0.05, 0) is 24.3 Å². The van der Waals surface area contributed by atoms with Crippen molar-refractivity contribution in [3.63, 3.8) is 0 Å². The summed E-state index contributed by atoms with van der Waals surface area (Å²) in [6.07, 6.45) is 2.23. The molecule has 222 valence electrons. The number of methoxy groups -OCH3 is 1. The number of nitrogens with two attached hydrogens (primary N) is 1. The average molecular weight is 560 g/mol. The Hall–Kier alpha value is -3.73. The summed E-state index contributed by atoms with van der Waals surface area (Å²) in [7, 11) is 1.24. The lowest BCUT2D eigenvalue weighted by Gasteiger charge is -2.30. The van der Waals surface area contributed by atoms with Crippen molar-refractivity contribution >= 4 is 29.6 Å². The maximum absolute atomic E-state index is 13.6. The maximum Gasteiger partial charge on any atom is 0.328 e. The molecule has 1 rings (SSSR count). The minimum Gasteiger partial charge on any atom is -0.467 e. The first-order valence-electron chi connectivity index (χ1n) is 13.5. The second-order valence-corrected chi connectivity index (χ2v) is 10.2. The number of ether oxygens (including phenoxy) is 1. The Morgan fingerprint density at radius 1 is 0.975 bits per heavy atom. The second kappa shape index (κ2) is 17.1. The van der Waals surface area contributed by atoms with Gasteiger partial charge in [0.25, 0.3) is 0 Å². The molecule has 0 aliphatic rings. The molecule has 5 N–H and O–H groups in total. The van der Waals surface area contributed by atoms with Crippen LogP contribution in [0.1, 0.15) is 46.6 Å². The van der Waals surface area contributed by atoms with E-state index in [0.717, 1.165) is 5.56 Å². The molecule has 0 aromatic heterocycles. The zero-order valence-electron chi connectivity index (χ0n) is 24.4. The summed E-state index contributed by atoms with van der Waals surface area (Å²) in [4.78, 5) is 65.7. The van der Waals surface area contributed by atoms with Crippen LogP contribution < -0.4 is 21.7 Å². The SMILES string of the molecule is C=CCN(CC(=O)N[C@H](C(=O)N[C@H](C(=O)OC)C(C)C)[C@@H](C)CC)C(=O)[C@H](Cc1ccccc1)NC(=O)[C@H](C)N. The van der Waals surface area contributed by atoms with Crippen molar-refractivity contribution in [2.45, 2.75) is 71.6 Å². The third-order valence-corrected chi connectivity index (χ3v) is 6.54. The summed E-state index contributed by atoms with van der Waals surface area (Å²) in [5.41, 5.74) is 6.53. The Kier molecular flexibility index (Phi) is 14.6. The maximum atomic E-state index is 13.6. The summed E-state index contributed by atoms with van der Waals surface area (Å²) in [6.45, 7) is 12.1. The van der Waals surface area contributed by atoms with E-state index in [-0.39, 0.29) is 31.3 Å². The molecule has 0 radical (unpaired) electrons. The Morgan fingerprint density at radius 3 is 2.10 bits per heavy atom. The van der Waals surface area contributed by atoms with Crippen LogP contribution in [0.3, 0.4) is 0 Å². The molecule has 1 aromatic rings. The van der Waals surface area contributed by atoms with Gasteiger partial charge in [0.1, 0.15) is 18.1 Å². The molecule has 4 amide bonds. The molecule has 0 aliphatic heterocycles. The number of carbonyl (C=O) groups is 5. The van der Waals surface area contributed by atoms with Gasteiger partial charge < -0.3 is 31.3 Å². The molecule has 0 spiro atoms. The number of benzene rings is 1. The van der Waals surface area contributed by atoms with E-state index >= 15 is 0 Å². The van der Waals surface area contributed by atoms with Crippen molar-refractivity contribution < 1.29 is 28.7 Å². The number of carbonyl (C=O) groups excluding carboxylic acids is 5. The van der Waals surface area contributed by atoms with Crippen LogP contribution in [0.4, 0.5) is 0 Å². The molecule has 5 atom stereocenters. The highest BCUT2D eigenvalue weighted by Gasteiger charge is 2.33. The van der Waals surface area contributed by atoms with Crippen molar-refractivity contribution in [2.24, 2.45) is 17.6 Å². The van der Waals surface area contributed by atoms with Gasteiger partial charge in [0.2, 0.25) is 23.6 Å². The van der Waals surface area contributed by atoms with Gasteiger partial charge in [-0.15, -0.1) is 6.58 Å². The van der Waals surface area contributed by atoms with Crippen LogP contribution in [0.25, 0.3) is 0 Å². The summed E-state index contributed by atoms with van der Waals surface area (Å²) < 4.78 is 4.80. The fourth-order valence-electron chi connectivity index (χ4n) is 3.92. The minimum absolute atomic E-state index is 0.0313. The molecule has 0 unspecified atom stereocenters. The summed E-state index contributed by atoms with van der Waals surface area (Å²) >= 11 is 0. The number of nitrogens with zero attached hydrogens (tertiary/aromatic N) is 1. The molecular formula is C29H45N5O6. The third kappa shape index (κ3) is 10.8. The molecule has 0 bridgehead atoms. The van der Waals surface area contributed by atoms with Crippen LogP contribution in [0.15, 0.2) is 43.0 Å². The predicted molar refractivity (Wildman–Crippen MR) is 153 cm³/mol. The van der Waals surface area contributed by atoms with Crippen LogP contribution in [0.5, 0.6) is 0 Å².